The highest BCUT2D eigenvalue weighted by Gasteiger charge is 2.24. The Labute approximate surface area is 182 Å². The number of benzene rings is 1. The van der Waals surface area contributed by atoms with Gasteiger partial charge in [-0.3, -0.25) is 9.58 Å². The van der Waals surface area contributed by atoms with Crippen LogP contribution in [0.3, 0.4) is 0 Å². The van der Waals surface area contributed by atoms with Gasteiger partial charge in [-0.2, -0.15) is 5.10 Å². The Morgan fingerprint density at radius 1 is 1.10 bits per heavy atom. The Kier molecular flexibility index (Phi) is 5.21. The van der Waals surface area contributed by atoms with Crippen molar-refractivity contribution < 1.29 is 4.74 Å². The molecule has 5 rings (SSSR count). The van der Waals surface area contributed by atoms with Gasteiger partial charge in [0.2, 0.25) is 0 Å². The van der Waals surface area contributed by atoms with E-state index in [1.165, 1.54) is 16.5 Å². The number of anilines is 2. The summed E-state index contributed by atoms with van der Waals surface area (Å²) >= 11 is 0. The predicted octanol–water partition coefficient (Wildman–Crippen LogP) is 3.93. The summed E-state index contributed by atoms with van der Waals surface area (Å²) in [5, 5.41) is 9.08. The molecular formula is C24H28N6O. The SMILES string of the molecule is Cc1cc(Nc2cccc([C@H]3CN(Cc4cn(C)c5ccccc45)CCO3)n2)nn1C. The van der Waals surface area contributed by atoms with Crippen molar-refractivity contribution in [2.24, 2.45) is 14.1 Å². The summed E-state index contributed by atoms with van der Waals surface area (Å²) < 4.78 is 10.2. The first-order valence-electron chi connectivity index (χ1n) is 10.7. The maximum atomic E-state index is 6.10. The van der Waals surface area contributed by atoms with Crippen LogP contribution in [0, 0.1) is 6.92 Å². The summed E-state index contributed by atoms with van der Waals surface area (Å²) in [6, 6.07) is 16.6. The van der Waals surface area contributed by atoms with Gasteiger partial charge in [0, 0.05) is 62.6 Å². The fourth-order valence-electron chi connectivity index (χ4n) is 4.27. The maximum absolute atomic E-state index is 6.10. The molecule has 0 aliphatic carbocycles. The molecule has 0 radical (unpaired) electrons. The van der Waals surface area contributed by atoms with Crippen LogP contribution in [0.5, 0.6) is 0 Å². The monoisotopic (exact) mass is 416 g/mol. The van der Waals surface area contributed by atoms with E-state index in [2.05, 4.69) is 57.4 Å². The van der Waals surface area contributed by atoms with Crippen LogP contribution in [0.15, 0.2) is 54.7 Å². The maximum Gasteiger partial charge on any atom is 0.153 e. The average Bonchev–Trinajstić information content (AvgIpc) is 3.26. The van der Waals surface area contributed by atoms with Crippen molar-refractivity contribution in [1.29, 1.82) is 0 Å². The minimum absolute atomic E-state index is 0.0454. The van der Waals surface area contributed by atoms with Gasteiger partial charge in [-0.1, -0.05) is 24.3 Å². The van der Waals surface area contributed by atoms with Crippen LogP contribution < -0.4 is 5.32 Å². The third-order valence-corrected chi connectivity index (χ3v) is 5.99. The van der Waals surface area contributed by atoms with Crippen LogP contribution in [0.2, 0.25) is 0 Å². The summed E-state index contributed by atoms with van der Waals surface area (Å²) in [5.74, 6) is 1.58. The molecule has 1 fully saturated rings. The fraction of sp³-hybridized carbons (Fsp3) is 0.333. The van der Waals surface area contributed by atoms with Crippen molar-refractivity contribution in [3.05, 3.63) is 71.7 Å². The minimum Gasteiger partial charge on any atom is -0.369 e. The van der Waals surface area contributed by atoms with E-state index in [4.69, 9.17) is 9.72 Å². The standard InChI is InChI=1S/C24H28N6O/c1-17-13-24(27-29(17)3)26-23-10-6-8-20(25-23)22-16-30(11-12-31-22)15-18-14-28(2)21-9-5-4-7-19(18)21/h4-10,13-14,22H,11-12,15-16H2,1-3H3,(H,25,26,27)/t22-/m1/s1. The highest BCUT2D eigenvalue weighted by atomic mass is 16.5. The number of nitrogens with one attached hydrogen (secondary N) is 1. The number of rotatable bonds is 5. The molecule has 1 saturated heterocycles. The van der Waals surface area contributed by atoms with Gasteiger partial charge in [0.1, 0.15) is 11.9 Å². The number of fused-ring (bicyclic) bond motifs is 1. The van der Waals surface area contributed by atoms with Gasteiger partial charge in [-0.15, -0.1) is 0 Å². The van der Waals surface area contributed by atoms with Gasteiger partial charge in [-0.05, 0) is 30.7 Å². The lowest BCUT2D eigenvalue weighted by molar-refractivity contribution is -0.0348. The molecule has 1 aromatic carbocycles. The Morgan fingerprint density at radius 3 is 2.81 bits per heavy atom. The number of ether oxygens (including phenoxy) is 1. The number of hydrogen-bond donors (Lipinski definition) is 1. The molecule has 1 aliphatic heterocycles. The Balaban J connectivity index is 1.31. The van der Waals surface area contributed by atoms with Crippen LogP contribution >= 0.6 is 0 Å². The zero-order valence-electron chi connectivity index (χ0n) is 18.2. The lowest BCUT2D eigenvalue weighted by atomic mass is 10.1. The molecule has 0 bridgehead atoms. The molecule has 160 valence electrons. The van der Waals surface area contributed by atoms with Crippen LogP contribution in [-0.2, 0) is 25.4 Å². The summed E-state index contributed by atoms with van der Waals surface area (Å²) in [6.45, 7) is 5.39. The van der Waals surface area contributed by atoms with E-state index in [-0.39, 0.29) is 6.10 Å². The third kappa shape index (κ3) is 4.06. The number of aromatic nitrogens is 4. The van der Waals surface area contributed by atoms with Crippen molar-refractivity contribution in [3.8, 4) is 0 Å². The quantitative estimate of drug-likeness (QED) is 0.534. The molecule has 3 aromatic heterocycles. The molecule has 31 heavy (non-hydrogen) atoms. The molecule has 4 heterocycles. The van der Waals surface area contributed by atoms with Crippen LogP contribution in [0.1, 0.15) is 23.1 Å². The Bertz CT molecular complexity index is 1190. The van der Waals surface area contributed by atoms with Crippen LogP contribution in [-0.4, -0.2) is 43.9 Å². The van der Waals surface area contributed by atoms with Crippen LogP contribution in [0.4, 0.5) is 11.6 Å². The Hall–Kier alpha value is -3.16. The highest BCUT2D eigenvalue weighted by molar-refractivity contribution is 5.83. The molecule has 0 spiro atoms. The van der Waals surface area contributed by atoms with Gasteiger partial charge in [0.05, 0.1) is 12.3 Å². The second kappa shape index (κ2) is 8.17. The van der Waals surface area contributed by atoms with E-state index >= 15 is 0 Å². The van der Waals surface area contributed by atoms with E-state index < -0.39 is 0 Å². The predicted molar refractivity (Wildman–Crippen MR) is 122 cm³/mol. The summed E-state index contributed by atoms with van der Waals surface area (Å²) in [5.41, 5.74) is 4.67. The number of aryl methyl sites for hydroxylation is 3. The number of pyridine rings is 1. The molecule has 0 saturated carbocycles. The van der Waals surface area contributed by atoms with Gasteiger partial charge < -0.3 is 14.6 Å². The number of para-hydroxylation sites is 1. The second-order valence-corrected chi connectivity index (χ2v) is 8.24. The van der Waals surface area contributed by atoms with E-state index in [1.54, 1.807) is 0 Å². The van der Waals surface area contributed by atoms with Crippen LogP contribution in [0.25, 0.3) is 10.9 Å². The van der Waals surface area contributed by atoms with Gasteiger partial charge in [-0.25, -0.2) is 4.98 Å². The van der Waals surface area contributed by atoms with Crippen molar-refractivity contribution in [1.82, 2.24) is 24.2 Å². The molecule has 7 nitrogen and oxygen atoms in total. The molecule has 0 unspecified atom stereocenters. The normalized spacial score (nSPS) is 17.3. The number of morpholine rings is 1. The first-order chi connectivity index (χ1) is 15.1. The first-order valence-corrected chi connectivity index (χ1v) is 10.7. The molecule has 1 N–H and O–H groups in total. The topological polar surface area (TPSA) is 60.1 Å². The van der Waals surface area contributed by atoms with Crippen molar-refractivity contribution >= 4 is 22.5 Å². The largest absolute Gasteiger partial charge is 0.369 e. The van der Waals surface area contributed by atoms with Crippen molar-refractivity contribution in [2.45, 2.75) is 19.6 Å². The highest BCUT2D eigenvalue weighted by Crippen LogP contribution is 2.26. The molecule has 1 aliphatic rings. The minimum atomic E-state index is -0.0454. The Morgan fingerprint density at radius 2 is 1.97 bits per heavy atom. The average molecular weight is 417 g/mol. The van der Waals surface area contributed by atoms with E-state index in [0.717, 1.165) is 42.7 Å². The smallest absolute Gasteiger partial charge is 0.153 e. The molecule has 7 heteroatoms. The van der Waals surface area contributed by atoms with Gasteiger partial charge >= 0.3 is 0 Å². The van der Waals surface area contributed by atoms with E-state index in [0.29, 0.717) is 6.61 Å². The molecule has 1 atom stereocenters. The summed E-state index contributed by atoms with van der Waals surface area (Å²) in [6.07, 6.45) is 2.20. The van der Waals surface area contributed by atoms with E-state index in [1.807, 2.05) is 42.9 Å². The molecule has 4 aromatic rings. The van der Waals surface area contributed by atoms with Gasteiger partial charge in [0.15, 0.2) is 5.82 Å². The van der Waals surface area contributed by atoms with Crippen molar-refractivity contribution in [3.63, 3.8) is 0 Å². The molecule has 0 amide bonds. The van der Waals surface area contributed by atoms with E-state index in [9.17, 15) is 0 Å². The lowest BCUT2D eigenvalue weighted by Crippen LogP contribution is -2.38. The molecular weight excluding hydrogens is 388 g/mol. The second-order valence-electron chi connectivity index (χ2n) is 8.24. The summed E-state index contributed by atoms with van der Waals surface area (Å²) in [4.78, 5) is 7.27. The zero-order valence-corrected chi connectivity index (χ0v) is 18.2. The number of hydrogen-bond acceptors (Lipinski definition) is 5. The zero-order chi connectivity index (χ0) is 21.4. The number of nitrogens with zero attached hydrogens (tertiary/aromatic N) is 5. The third-order valence-electron chi connectivity index (χ3n) is 5.99. The first kappa shape index (κ1) is 19.8. The van der Waals surface area contributed by atoms with Crippen molar-refractivity contribution in [2.75, 3.05) is 25.0 Å². The summed E-state index contributed by atoms with van der Waals surface area (Å²) in [7, 11) is 4.05. The lowest BCUT2D eigenvalue weighted by Gasteiger charge is -2.32. The fourth-order valence-corrected chi connectivity index (χ4v) is 4.27. The van der Waals surface area contributed by atoms with Gasteiger partial charge in [0.25, 0.3) is 0 Å².